The monoisotopic (exact) mass is 674 g/mol. The molecule has 0 saturated carbocycles. The number of rotatable bonds is 37. The number of unbranched alkanes of at least 4 members (excludes halogenated alkanes) is 28. The lowest BCUT2D eigenvalue weighted by Crippen LogP contribution is -2.54. The van der Waals surface area contributed by atoms with E-state index in [9.17, 15) is 23.9 Å². The molecular weight excluding hydrogens is 597 g/mol. The Hall–Kier alpha value is -0.590. The van der Waals surface area contributed by atoms with E-state index in [4.69, 9.17) is 10.3 Å². The van der Waals surface area contributed by atoms with E-state index >= 15 is 0 Å². The minimum atomic E-state index is -5.08. The Bertz CT molecular complexity index is 709. The predicted octanol–water partition coefficient (Wildman–Crippen LogP) is 11.5. The van der Waals surface area contributed by atoms with Crippen molar-refractivity contribution >= 4 is 19.4 Å². The fourth-order valence-electron chi connectivity index (χ4n) is 6.44. The number of Topliss-reactive ketones (excluding diaryl/α,β-unsaturated/α-hetero) is 2. The third-order valence-corrected chi connectivity index (χ3v) is 10.0. The quantitative estimate of drug-likeness (QED) is 0.0340. The summed E-state index contributed by atoms with van der Waals surface area (Å²) in [5, 5.41) is 0. The highest BCUT2D eigenvalue weighted by Crippen LogP contribution is 2.43. The molecule has 0 amide bonds. The van der Waals surface area contributed by atoms with Gasteiger partial charge < -0.3 is 15.5 Å². The summed E-state index contributed by atoms with van der Waals surface area (Å²) in [7, 11) is -5.08. The number of phosphoric acid groups is 1. The zero-order chi connectivity index (χ0) is 34.2. The number of nitrogens with two attached hydrogens (primary N) is 1. The molecule has 8 heteroatoms. The molecule has 0 unspecified atom stereocenters. The first-order valence-electron chi connectivity index (χ1n) is 19.8. The third kappa shape index (κ3) is 26.4. The van der Waals surface area contributed by atoms with Gasteiger partial charge in [0.1, 0.15) is 0 Å². The largest absolute Gasteiger partial charge is 0.471 e. The molecule has 0 spiro atoms. The van der Waals surface area contributed by atoms with Gasteiger partial charge in [0.15, 0.2) is 11.6 Å². The van der Waals surface area contributed by atoms with Crippen LogP contribution < -0.4 is 5.73 Å². The van der Waals surface area contributed by atoms with Gasteiger partial charge >= 0.3 is 7.82 Å². The molecule has 7 nitrogen and oxygen atoms in total. The molecule has 4 N–H and O–H groups in total. The molecule has 0 heterocycles. The van der Waals surface area contributed by atoms with E-state index in [0.29, 0.717) is 12.8 Å². The number of phosphoric ester groups is 1. The van der Waals surface area contributed by atoms with Gasteiger partial charge in [-0.15, -0.1) is 0 Å². The zero-order valence-electron chi connectivity index (χ0n) is 30.4. The predicted molar refractivity (Wildman–Crippen MR) is 194 cm³/mol. The zero-order valence-corrected chi connectivity index (χ0v) is 31.3. The normalized spacial score (nSPS) is 12.2. The Morgan fingerprint density at radius 3 is 0.891 bits per heavy atom. The van der Waals surface area contributed by atoms with Gasteiger partial charge in [0.2, 0.25) is 5.60 Å². The Morgan fingerprint density at radius 1 is 0.478 bits per heavy atom. The second-order valence-corrected chi connectivity index (χ2v) is 15.0. The van der Waals surface area contributed by atoms with Crippen molar-refractivity contribution in [3.8, 4) is 0 Å². The van der Waals surface area contributed by atoms with Crippen LogP contribution in [0.5, 0.6) is 0 Å². The highest BCUT2D eigenvalue weighted by Gasteiger charge is 2.48. The van der Waals surface area contributed by atoms with E-state index in [0.717, 1.165) is 38.5 Å². The van der Waals surface area contributed by atoms with Crippen molar-refractivity contribution in [3.05, 3.63) is 0 Å². The molecular formula is C38H76NO6P. The van der Waals surface area contributed by atoms with Gasteiger partial charge in [0.25, 0.3) is 0 Å². The summed E-state index contributed by atoms with van der Waals surface area (Å²) in [6, 6.07) is 0. The van der Waals surface area contributed by atoms with Crippen LogP contribution in [0, 0.1) is 0 Å². The minimum Gasteiger partial charge on any atom is -0.327 e. The molecule has 0 radical (unpaired) electrons. The molecule has 0 saturated heterocycles. The molecule has 0 fully saturated rings. The van der Waals surface area contributed by atoms with Crippen molar-refractivity contribution in [1.82, 2.24) is 0 Å². The minimum absolute atomic E-state index is 0.0417. The van der Waals surface area contributed by atoms with Crippen LogP contribution in [0.15, 0.2) is 0 Å². The fraction of sp³-hybridized carbons (Fsp3) is 0.947. The number of hydrogen-bond acceptors (Lipinski definition) is 5. The van der Waals surface area contributed by atoms with Gasteiger partial charge in [-0.2, -0.15) is 0 Å². The van der Waals surface area contributed by atoms with Crippen LogP contribution in [0.2, 0.25) is 0 Å². The standard InChI is InChI=1S/C38H76NO6P/c1-3-5-7-9-11-13-15-17-19-21-23-25-27-29-31-33-36(40)38(35-39,45-46(42,43)44)37(41)34-32-30-28-26-24-22-20-18-16-14-12-10-8-6-4-2/h3-35,39H2,1-2H3,(H2,42,43,44). The van der Waals surface area contributed by atoms with Gasteiger partial charge in [-0.3, -0.25) is 14.1 Å². The fourth-order valence-corrected chi connectivity index (χ4v) is 7.13. The summed E-state index contributed by atoms with van der Waals surface area (Å²) in [6.45, 7) is 3.96. The number of carbonyl (C=O) groups excluding carboxylic acids is 2. The SMILES string of the molecule is CCCCCCCCCCCCCCCCCC(=O)C(CN)(OP(=O)(O)O)C(=O)CCCCCCCCCCCCCCCCC. The maximum Gasteiger partial charge on any atom is 0.471 e. The van der Waals surface area contributed by atoms with E-state index in [2.05, 4.69) is 13.8 Å². The van der Waals surface area contributed by atoms with Gasteiger partial charge in [-0.25, -0.2) is 4.57 Å². The highest BCUT2D eigenvalue weighted by molar-refractivity contribution is 7.46. The number of ketones is 2. The van der Waals surface area contributed by atoms with Crippen LogP contribution in [0.3, 0.4) is 0 Å². The van der Waals surface area contributed by atoms with Crippen molar-refractivity contribution in [2.75, 3.05) is 6.54 Å². The van der Waals surface area contributed by atoms with Crippen molar-refractivity contribution < 1.29 is 28.5 Å². The third-order valence-electron chi connectivity index (χ3n) is 9.48. The molecule has 0 aliphatic heterocycles. The first-order chi connectivity index (χ1) is 22.2. The highest BCUT2D eigenvalue weighted by atomic mass is 31.2. The summed E-state index contributed by atoms with van der Waals surface area (Å²) in [5.41, 5.74) is 3.57. The maximum absolute atomic E-state index is 13.1. The van der Waals surface area contributed by atoms with Crippen LogP contribution in [0.25, 0.3) is 0 Å². The molecule has 0 aromatic carbocycles. The number of carbonyl (C=O) groups is 2. The maximum atomic E-state index is 13.1. The van der Waals surface area contributed by atoms with Gasteiger partial charge in [-0.1, -0.05) is 194 Å². The molecule has 46 heavy (non-hydrogen) atoms. The topological polar surface area (TPSA) is 127 Å². The molecule has 0 aliphatic rings. The van der Waals surface area contributed by atoms with Crippen molar-refractivity contribution in [2.45, 2.75) is 225 Å². The summed E-state index contributed by atoms with van der Waals surface area (Å²) >= 11 is 0. The Kier molecular flexibility index (Phi) is 31.3. The molecule has 0 aromatic heterocycles. The molecule has 274 valence electrons. The second kappa shape index (κ2) is 31.7. The molecule has 0 aliphatic carbocycles. The van der Waals surface area contributed by atoms with E-state index in [-0.39, 0.29) is 12.8 Å². The van der Waals surface area contributed by atoms with Gasteiger partial charge in [-0.05, 0) is 12.8 Å². The van der Waals surface area contributed by atoms with Crippen LogP contribution >= 0.6 is 7.82 Å². The first kappa shape index (κ1) is 45.4. The van der Waals surface area contributed by atoms with Crippen LogP contribution in [0.1, 0.15) is 219 Å². The Morgan fingerprint density at radius 2 is 0.696 bits per heavy atom. The number of hydrogen-bond donors (Lipinski definition) is 3. The van der Waals surface area contributed by atoms with Crippen LogP contribution in [0.4, 0.5) is 0 Å². The van der Waals surface area contributed by atoms with Crippen molar-refractivity contribution in [1.29, 1.82) is 0 Å². The lowest BCUT2D eigenvalue weighted by molar-refractivity contribution is -0.148. The van der Waals surface area contributed by atoms with Crippen LogP contribution in [-0.4, -0.2) is 33.5 Å². The van der Waals surface area contributed by atoms with E-state index < -0.39 is 31.5 Å². The molecule has 0 rings (SSSR count). The molecule has 0 atom stereocenters. The average Bonchev–Trinajstić information content (AvgIpc) is 3.02. The van der Waals surface area contributed by atoms with Gasteiger partial charge in [0, 0.05) is 19.4 Å². The summed E-state index contributed by atoms with van der Waals surface area (Å²) < 4.78 is 16.6. The van der Waals surface area contributed by atoms with Crippen LogP contribution in [-0.2, 0) is 18.7 Å². The van der Waals surface area contributed by atoms with Gasteiger partial charge in [0.05, 0.1) is 0 Å². The molecule has 0 aromatic rings. The Labute approximate surface area is 284 Å². The first-order valence-corrected chi connectivity index (χ1v) is 21.3. The lowest BCUT2D eigenvalue weighted by Gasteiger charge is -2.29. The van der Waals surface area contributed by atoms with Crippen molar-refractivity contribution in [2.24, 2.45) is 5.73 Å². The second-order valence-electron chi connectivity index (χ2n) is 13.9. The van der Waals surface area contributed by atoms with Crippen molar-refractivity contribution in [3.63, 3.8) is 0 Å². The average molecular weight is 674 g/mol. The molecule has 0 bridgehead atoms. The summed E-state index contributed by atoms with van der Waals surface area (Å²) in [6.07, 6.45) is 36.2. The smallest absolute Gasteiger partial charge is 0.327 e. The lowest BCUT2D eigenvalue weighted by atomic mass is 9.87. The summed E-state index contributed by atoms with van der Waals surface area (Å²) in [4.78, 5) is 45.3. The van der Waals surface area contributed by atoms with E-state index in [1.54, 1.807) is 0 Å². The Balaban J connectivity index is 4.15. The summed E-state index contributed by atoms with van der Waals surface area (Å²) in [5.74, 6) is -1.20. The van der Waals surface area contributed by atoms with E-state index in [1.807, 2.05) is 0 Å². The van der Waals surface area contributed by atoms with E-state index in [1.165, 1.54) is 141 Å².